The minimum atomic E-state index is -0.761. The van der Waals surface area contributed by atoms with Crippen molar-refractivity contribution in [3.63, 3.8) is 0 Å². The summed E-state index contributed by atoms with van der Waals surface area (Å²) in [6.07, 6.45) is 0.230. The van der Waals surface area contributed by atoms with E-state index < -0.39 is 17.6 Å². The number of hydrogen-bond acceptors (Lipinski definition) is 8. The third kappa shape index (κ3) is 7.23. The van der Waals surface area contributed by atoms with Gasteiger partial charge in [0, 0.05) is 17.7 Å². The second-order valence-electron chi connectivity index (χ2n) is 8.38. The van der Waals surface area contributed by atoms with E-state index in [-0.39, 0.29) is 42.9 Å². The summed E-state index contributed by atoms with van der Waals surface area (Å²) in [5, 5.41) is 0. The second kappa shape index (κ2) is 11.7. The van der Waals surface area contributed by atoms with Crippen LogP contribution in [0.25, 0.3) is 11.1 Å². The fourth-order valence-corrected chi connectivity index (χ4v) is 3.33. The number of esters is 1. The normalized spacial score (nSPS) is 17.8. The summed E-state index contributed by atoms with van der Waals surface area (Å²) in [6, 6.07) is 14.4. The Labute approximate surface area is 211 Å². The fraction of sp³-hybridized carbons (Fsp3) is 0.296. The largest absolute Gasteiger partial charge is 0.467 e. The first-order chi connectivity index (χ1) is 18.0. The molecule has 0 amide bonds. The van der Waals surface area contributed by atoms with Crippen LogP contribution < -0.4 is 14.2 Å². The van der Waals surface area contributed by atoms with Crippen LogP contribution in [0.5, 0.6) is 17.2 Å². The van der Waals surface area contributed by atoms with Gasteiger partial charge in [-0.15, -0.1) is 0 Å². The lowest BCUT2D eigenvalue weighted by atomic mass is 10.0. The van der Waals surface area contributed by atoms with Crippen LogP contribution in [0.3, 0.4) is 0 Å². The van der Waals surface area contributed by atoms with E-state index in [0.29, 0.717) is 43.3 Å². The third-order valence-electron chi connectivity index (χ3n) is 5.51. The first kappa shape index (κ1) is 25.1. The van der Waals surface area contributed by atoms with Crippen LogP contribution in [0.1, 0.15) is 10.4 Å². The van der Waals surface area contributed by atoms with Crippen molar-refractivity contribution in [2.24, 2.45) is 0 Å². The highest BCUT2D eigenvalue weighted by atomic mass is 19.1. The molecule has 0 saturated carbocycles. The van der Waals surface area contributed by atoms with E-state index in [4.69, 9.17) is 33.2 Å². The van der Waals surface area contributed by atoms with Crippen molar-refractivity contribution in [3.8, 4) is 28.4 Å². The molecular formula is C27H24F2O8. The number of benzene rings is 3. The fourth-order valence-electron chi connectivity index (χ4n) is 3.33. The van der Waals surface area contributed by atoms with Crippen molar-refractivity contribution < 1.29 is 46.7 Å². The van der Waals surface area contributed by atoms with E-state index in [0.717, 1.165) is 6.07 Å². The first-order valence-corrected chi connectivity index (χ1v) is 11.6. The molecule has 2 saturated heterocycles. The Hall–Kier alpha value is -3.57. The Morgan fingerprint density at radius 2 is 1.35 bits per heavy atom. The summed E-state index contributed by atoms with van der Waals surface area (Å²) in [4.78, 5) is 12.5. The highest BCUT2D eigenvalue weighted by molar-refractivity contribution is 5.91. The number of halogens is 2. The molecule has 3 aromatic carbocycles. The molecule has 10 heteroatoms. The van der Waals surface area contributed by atoms with Gasteiger partial charge >= 0.3 is 5.97 Å². The number of carbonyl (C=O) groups excluding carboxylic acids is 1. The van der Waals surface area contributed by atoms with E-state index in [2.05, 4.69) is 0 Å². The van der Waals surface area contributed by atoms with Crippen molar-refractivity contribution >= 4 is 5.97 Å². The van der Waals surface area contributed by atoms with E-state index in [1.54, 1.807) is 24.3 Å². The smallest absolute Gasteiger partial charge is 0.343 e. The number of rotatable bonds is 13. The van der Waals surface area contributed by atoms with Crippen LogP contribution in [0, 0.1) is 11.6 Å². The Morgan fingerprint density at radius 3 is 1.89 bits per heavy atom. The van der Waals surface area contributed by atoms with E-state index in [9.17, 15) is 13.6 Å². The molecule has 2 heterocycles. The van der Waals surface area contributed by atoms with Crippen molar-refractivity contribution in [1.29, 1.82) is 0 Å². The highest BCUT2D eigenvalue weighted by Crippen LogP contribution is 2.28. The van der Waals surface area contributed by atoms with Gasteiger partial charge in [0.15, 0.2) is 25.2 Å². The second-order valence-corrected chi connectivity index (χ2v) is 8.38. The van der Waals surface area contributed by atoms with Gasteiger partial charge in [-0.3, -0.25) is 0 Å². The zero-order chi connectivity index (χ0) is 25.6. The average molecular weight is 514 g/mol. The molecule has 2 atom stereocenters. The molecule has 0 radical (unpaired) electrons. The molecule has 2 fully saturated rings. The summed E-state index contributed by atoms with van der Waals surface area (Å²) in [6.45, 7) is 2.16. The summed E-state index contributed by atoms with van der Waals surface area (Å²) in [5.74, 6) is -1.69. The van der Waals surface area contributed by atoms with Gasteiger partial charge in [0.2, 0.25) is 0 Å². The molecule has 3 aromatic rings. The molecule has 2 aliphatic heterocycles. The lowest BCUT2D eigenvalue weighted by Gasteiger charge is -2.10. The van der Waals surface area contributed by atoms with Crippen LogP contribution in [-0.2, 0) is 18.9 Å². The number of epoxide rings is 2. The molecule has 194 valence electrons. The third-order valence-corrected chi connectivity index (χ3v) is 5.51. The van der Waals surface area contributed by atoms with Crippen LogP contribution in [-0.4, -0.2) is 58.2 Å². The molecule has 0 N–H and O–H groups in total. The predicted molar refractivity (Wildman–Crippen MR) is 126 cm³/mol. The van der Waals surface area contributed by atoms with Gasteiger partial charge in [-0.25, -0.2) is 13.6 Å². The predicted octanol–water partition coefficient (Wildman–Crippen LogP) is 4.35. The molecule has 5 rings (SSSR count). The Morgan fingerprint density at radius 1 is 0.784 bits per heavy atom. The summed E-state index contributed by atoms with van der Waals surface area (Å²) in [7, 11) is 0. The molecule has 37 heavy (non-hydrogen) atoms. The zero-order valence-corrected chi connectivity index (χ0v) is 19.7. The summed E-state index contributed by atoms with van der Waals surface area (Å²) >= 11 is 0. The number of ether oxygens (including phenoxy) is 7. The Bertz CT molecular complexity index is 1230. The van der Waals surface area contributed by atoms with Gasteiger partial charge in [-0.1, -0.05) is 12.1 Å². The maximum absolute atomic E-state index is 14.6. The monoisotopic (exact) mass is 514 g/mol. The van der Waals surface area contributed by atoms with Crippen molar-refractivity contribution in [2.75, 3.05) is 40.0 Å². The van der Waals surface area contributed by atoms with Crippen LogP contribution in [0.15, 0.2) is 60.7 Å². The van der Waals surface area contributed by atoms with Crippen molar-refractivity contribution in [2.45, 2.75) is 12.2 Å². The van der Waals surface area contributed by atoms with E-state index >= 15 is 0 Å². The minimum absolute atomic E-state index is 0.00354. The molecule has 0 aromatic heterocycles. The standard InChI is InChI=1S/C27H24F2O8/c28-24-9-19(35-15-31-11-21-13-33-21)5-7-23(24)17-1-3-18(4-2-17)27(30)37-26-8-6-20(10-25(26)29)36-16-32-12-22-14-34-22/h1-10,21-22H,11-16H2. The van der Waals surface area contributed by atoms with Gasteiger partial charge in [0.05, 0.1) is 32.0 Å². The molecule has 8 nitrogen and oxygen atoms in total. The van der Waals surface area contributed by atoms with E-state index in [1.807, 2.05) is 0 Å². The Kier molecular flexibility index (Phi) is 7.90. The summed E-state index contributed by atoms with van der Waals surface area (Å²) < 4.78 is 65.5. The molecule has 2 aliphatic rings. The van der Waals surface area contributed by atoms with Crippen molar-refractivity contribution in [1.82, 2.24) is 0 Å². The minimum Gasteiger partial charge on any atom is -0.467 e. The summed E-state index contributed by atoms with van der Waals surface area (Å²) in [5.41, 5.74) is 1.05. The van der Waals surface area contributed by atoms with Gasteiger partial charge in [-0.05, 0) is 42.0 Å². The Balaban J connectivity index is 1.13. The van der Waals surface area contributed by atoms with Crippen LogP contribution >= 0.6 is 0 Å². The van der Waals surface area contributed by atoms with Gasteiger partial charge in [0.25, 0.3) is 0 Å². The maximum atomic E-state index is 14.6. The average Bonchev–Trinajstić information content (AvgIpc) is 3.82. The first-order valence-electron chi connectivity index (χ1n) is 11.6. The van der Waals surface area contributed by atoms with Crippen LogP contribution in [0.4, 0.5) is 8.78 Å². The topological polar surface area (TPSA) is 88.3 Å². The quantitative estimate of drug-likeness (QED) is 0.109. The van der Waals surface area contributed by atoms with Gasteiger partial charge in [-0.2, -0.15) is 0 Å². The van der Waals surface area contributed by atoms with Gasteiger partial charge < -0.3 is 33.2 Å². The SMILES string of the molecule is O=C(Oc1ccc(OCOCC2CO2)cc1F)c1ccc(-c2ccc(OCOCC3CO3)cc2F)cc1. The van der Waals surface area contributed by atoms with Crippen LogP contribution in [0.2, 0.25) is 0 Å². The van der Waals surface area contributed by atoms with Gasteiger partial charge in [0.1, 0.15) is 29.5 Å². The number of hydrogen-bond donors (Lipinski definition) is 0. The molecule has 2 unspecified atom stereocenters. The molecule has 0 bridgehead atoms. The highest BCUT2D eigenvalue weighted by Gasteiger charge is 2.23. The number of carbonyl (C=O) groups is 1. The lowest BCUT2D eigenvalue weighted by Crippen LogP contribution is -2.10. The lowest BCUT2D eigenvalue weighted by molar-refractivity contribution is 0.00792. The zero-order valence-electron chi connectivity index (χ0n) is 19.7. The molecular weight excluding hydrogens is 490 g/mol. The van der Waals surface area contributed by atoms with Crippen molar-refractivity contribution in [3.05, 3.63) is 77.9 Å². The maximum Gasteiger partial charge on any atom is 0.343 e. The molecule has 0 aliphatic carbocycles. The van der Waals surface area contributed by atoms with E-state index in [1.165, 1.54) is 30.3 Å². The molecule has 0 spiro atoms.